The number of carbonyl (C=O) groups is 1. The number of benzene rings is 1. The summed E-state index contributed by atoms with van der Waals surface area (Å²) in [6, 6.07) is 4.09. The molecule has 0 heterocycles. The molecule has 0 aliphatic heterocycles. The monoisotopic (exact) mass is 273 g/mol. The Bertz CT molecular complexity index is 538. The van der Waals surface area contributed by atoms with E-state index in [2.05, 4.69) is 0 Å². The molecule has 0 aliphatic carbocycles. The number of primary sulfonamides is 1. The Balaban J connectivity index is 3.11. The molecule has 0 spiro atoms. The number of ether oxygens (including phenoxy) is 2. The fourth-order valence-corrected chi connectivity index (χ4v) is 2.00. The van der Waals surface area contributed by atoms with Crippen molar-refractivity contribution in [2.24, 2.45) is 5.14 Å². The lowest BCUT2D eigenvalue weighted by molar-refractivity contribution is -0.142. The van der Waals surface area contributed by atoms with Gasteiger partial charge in [-0.2, -0.15) is 0 Å². The number of methoxy groups -OCH3 is 1. The van der Waals surface area contributed by atoms with Gasteiger partial charge in [0.25, 0.3) is 0 Å². The molecule has 2 N–H and O–H groups in total. The largest absolute Gasteiger partial charge is 0.496 e. The van der Waals surface area contributed by atoms with Gasteiger partial charge in [-0.3, -0.25) is 4.79 Å². The third-order valence-electron chi connectivity index (χ3n) is 2.22. The van der Waals surface area contributed by atoms with Gasteiger partial charge in [0.15, 0.2) is 0 Å². The Morgan fingerprint density at radius 3 is 2.56 bits per heavy atom. The Hall–Kier alpha value is -1.60. The Labute approximate surface area is 106 Å². The summed E-state index contributed by atoms with van der Waals surface area (Å²) in [4.78, 5) is 11.3. The van der Waals surface area contributed by atoms with Crippen LogP contribution in [0, 0.1) is 0 Å². The van der Waals surface area contributed by atoms with Crippen LogP contribution in [-0.2, 0) is 26.0 Å². The maximum Gasteiger partial charge on any atom is 0.310 e. The first-order valence-electron chi connectivity index (χ1n) is 5.23. The van der Waals surface area contributed by atoms with Crippen LogP contribution in [0.15, 0.2) is 23.1 Å². The van der Waals surface area contributed by atoms with Crippen LogP contribution in [0.4, 0.5) is 0 Å². The summed E-state index contributed by atoms with van der Waals surface area (Å²) in [5.41, 5.74) is 0.419. The number of hydrogen-bond acceptors (Lipinski definition) is 5. The van der Waals surface area contributed by atoms with Gasteiger partial charge in [0.05, 0.1) is 25.0 Å². The van der Waals surface area contributed by atoms with Gasteiger partial charge in [-0.15, -0.1) is 0 Å². The molecule has 18 heavy (non-hydrogen) atoms. The lowest BCUT2D eigenvalue weighted by atomic mass is 10.1. The standard InChI is InChI=1S/C11H15NO5S/c1-3-17-11(13)7-8-6-9(18(12,14)15)4-5-10(8)16-2/h4-6H,3,7H2,1-2H3,(H2,12,14,15). The second-order valence-corrected chi connectivity index (χ2v) is 5.06. The molecule has 0 radical (unpaired) electrons. The molecule has 0 aliphatic rings. The van der Waals surface area contributed by atoms with E-state index in [1.54, 1.807) is 6.92 Å². The van der Waals surface area contributed by atoms with Crippen molar-refractivity contribution in [1.82, 2.24) is 0 Å². The molecule has 0 saturated heterocycles. The van der Waals surface area contributed by atoms with E-state index in [0.29, 0.717) is 11.3 Å². The predicted octanol–water partition coefficient (Wildman–Crippen LogP) is 0.448. The van der Waals surface area contributed by atoms with E-state index in [9.17, 15) is 13.2 Å². The number of esters is 1. The maximum atomic E-state index is 11.4. The number of nitrogens with two attached hydrogens (primary N) is 1. The van der Waals surface area contributed by atoms with Crippen molar-refractivity contribution < 1.29 is 22.7 Å². The molecule has 0 saturated carbocycles. The fraction of sp³-hybridized carbons (Fsp3) is 0.364. The van der Waals surface area contributed by atoms with Crippen molar-refractivity contribution in [2.75, 3.05) is 13.7 Å². The molecule has 1 aromatic rings. The zero-order valence-electron chi connectivity index (χ0n) is 10.2. The number of rotatable bonds is 5. The van der Waals surface area contributed by atoms with Crippen molar-refractivity contribution in [2.45, 2.75) is 18.2 Å². The molecule has 1 rings (SSSR count). The van der Waals surface area contributed by atoms with Gasteiger partial charge in [-0.25, -0.2) is 13.6 Å². The molecule has 0 amide bonds. The van der Waals surface area contributed by atoms with Crippen LogP contribution < -0.4 is 9.88 Å². The summed E-state index contributed by atoms with van der Waals surface area (Å²) in [7, 11) is -2.37. The molecule has 0 unspecified atom stereocenters. The van der Waals surface area contributed by atoms with Gasteiger partial charge in [-0.05, 0) is 25.1 Å². The Kier molecular flexibility index (Phi) is 4.69. The summed E-state index contributed by atoms with van der Waals surface area (Å²) < 4.78 is 32.3. The zero-order chi connectivity index (χ0) is 13.8. The van der Waals surface area contributed by atoms with Crippen LogP contribution in [0.2, 0.25) is 0 Å². The first-order valence-corrected chi connectivity index (χ1v) is 6.78. The second kappa shape index (κ2) is 5.83. The fourth-order valence-electron chi connectivity index (χ4n) is 1.44. The summed E-state index contributed by atoms with van der Waals surface area (Å²) >= 11 is 0. The number of hydrogen-bond donors (Lipinski definition) is 1. The van der Waals surface area contributed by atoms with Gasteiger partial charge in [-0.1, -0.05) is 0 Å². The minimum absolute atomic E-state index is 0.0670. The van der Waals surface area contributed by atoms with E-state index in [1.807, 2.05) is 0 Å². The first kappa shape index (κ1) is 14.5. The summed E-state index contributed by atoms with van der Waals surface area (Å²) in [6.07, 6.45) is -0.0691. The van der Waals surface area contributed by atoms with Crippen LogP contribution in [0.1, 0.15) is 12.5 Å². The van der Waals surface area contributed by atoms with Crippen molar-refractivity contribution in [3.05, 3.63) is 23.8 Å². The van der Waals surface area contributed by atoms with Crippen molar-refractivity contribution in [3.8, 4) is 5.75 Å². The number of sulfonamides is 1. The Morgan fingerprint density at radius 1 is 1.39 bits per heavy atom. The predicted molar refractivity (Wildman–Crippen MR) is 64.7 cm³/mol. The highest BCUT2D eigenvalue weighted by Gasteiger charge is 2.14. The highest BCUT2D eigenvalue weighted by molar-refractivity contribution is 7.89. The van der Waals surface area contributed by atoms with Crippen LogP contribution in [0.3, 0.4) is 0 Å². The van der Waals surface area contributed by atoms with E-state index in [1.165, 1.54) is 25.3 Å². The minimum atomic E-state index is -3.81. The van der Waals surface area contributed by atoms with Crippen LogP contribution in [-0.4, -0.2) is 28.1 Å². The highest BCUT2D eigenvalue weighted by atomic mass is 32.2. The molecule has 6 nitrogen and oxygen atoms in total. The van der Waals surface area contributed by atoms with Crippen LogP contribution >= 0.6 is 0 Å². The lowest BCUT2D eigenvalue weighted by Gasteiger charge is -2.09. The van der Waals surface area contributed by atoms with Gasteiger partial charge >= 0.3 is 5.97 Å². The molecule has 1 aromatic carbocycles. The normalized spacial score (nSPS) is 11.1. The summed E-state index contributed by atoms with van der Waals surface area (Å²) in [5.74, 6) is -0.0437. The van der Waals surface area contributed by atoms with E-state index >= 15 is 0 Å². The van der Waals surface area contributed by atoms with Gasteiger partial charge in [0, 0.05) is 5.56 Å². The average molecular weight is 273 g/mol. The van der Waals surface area contributed by atoms with E-state index in [4.69, 9.17) is 14.6 Å². The SMILES string of the molecule is CCOC(=O)Cc1cc(S(N)(=O)=O)ccc1OC. The summed E-state index contributed by atoms with van der Waals surface area (Å²) in [6.45, 7) is 1.95. The summed E-state index contributed by atoms with van der Waals surface area (Å²) in [5, 5.41) is 5.02. The number of carbonyl (C=O) groups excluding carboxylic acids is 1. The Morgan fingerprint density at radius 2 is 2.06 bits per heavy atom. The van der Waals surface area contributed by atoms with Crippen molar-refractivity contribution in [1.29, 1.82) is 0 Å². The zero-order valence-corrected chi connectivity index (χ0v) is 11.0. The topological polar surface area (TPSA) is 95.7 Å². The smallest absolute Gasteiger partial charge is 0.310 e. The van der Waals surface area contributed by atoms with E-state index < -0.39 is 16.0 Å². The average Bonchev–Trinajstić information content (AvgIpc) is 2.28. The van der Waals surface area contributed by atoms with Crippen LogP contribution in [0.25, 0.3) is 0 Å². The molecule has 100 valence electrons. The molecular formula is C11H15NO5S. The second-order valence-electron chi connectivity index (χ2n) is 3.50. The van der Waals surface area contributed by atoms with Gasteiger partial charge < -0.3 is 9.47 Å². The minimum Gasteiger partial charge on any atom is -0.496 e. The first-order chi connectivity index (χ1) is 8.38. The maximum absolute atomic E-state index is 11.4. The molecular weight excluding hydrogens is 258 g/mol. The molecule has 0 aromatic heterocycles. The molecule has 0 fully saturated rings. The van der Waals surface area contributed by atoms with Crippen LogP contribution in [0.5, 0.6) is 5.75 Å². The lowest BCUT2D eigenvalue weighted by Crippen LogP contribution is -2.14. The molecule has 0 bridgehead atoms. The van der Waals surface area contributed by atoms with Crippen molar-refractivity contribution in [3.63, 3.8) is 0 Å². The third kappa shape index (κ3) is 3.71. The van der Waals surface area contributed by atoms with Gasteiger partial charge in [0.2, 0.25) is 10.0 Å². The highest BCUT2D eigenvalue weighted by Crippen LogP contribution is 2.22. The van der Waals surface area contributed by atoms with Gasteiger partial charge in [0.1, 0.15) is 5.75 Å². The molecule has 0 atom stereocenters. The van der Waals surface area contributed by atoms with E-state index in [-0.39, 0.29) is 17.9 Å². The van der Waals surface area contributed by atoms with Crippen molar-refractivity contribution >= 4 is 16.0 Å². The van der Waals surface area contributed by atoms with E-state index in [0.717, 1.165) is 0 Å². The quantitative estimate of drug-likeness (QED) is 0.786. The third-order valence-corrected chi connectivity index (χ3v) is 3.13. The molecule has 7 heteroatoms.